The Labute approximate surface area is 102 Å². The second kappa shape index (κ2) is 4.52. The molecule has 0 amide bonds. The summed E-state index contributed by atoms with van der Waals surface area (Å²) >= 11 is 0. The van der Waals surface area contributed by atoms with Crippen LogP contribution in [0.15, 0.2) is 24.3 Å². The second-order valence-corrected chi connectivity index (χ2v) is 5.19. The average molecular weight is 230 g/mol. The maximum Gasteiger partial charge on any atom is 0.136 e. The van der Waals surface area contributed by atoms with E-state index in [1.807, 2.05) is 12.1 Å². The molecule has 0 saturated heterocycles. The van der Waals surface area contributed by atoms with Crippen molar-refractivity contribution in [2.45, 2.75) is 38.0 Å². The first kappa shape index (κ1) is 10.8. The van der Waals surface area contributed by atoms with Crippen LogP contribution in [0.3, 0.4) is 0 Å². The molecule has 1 aliphatic heterocycles. The fourth-order valence-corrected chi connectivity index (χ4v) is 3.07. The molecule has 0 aromatic heterocycles. The molecule has 1 heterocycles. The molecule has 2 unspecified atom stereocenters. The smallest absolute Gasteiger partial charge is 0.136 e. The van der Waals surface area contributed by atoms with Crippen LogP contribution in [0.5, 0.6) is 5.75 Å². The zero-order valence-corrected chi connectivity index (χ0v) is 10.0. The summed E-state index contributed by atoms with van der Waals surface area (Å²) in [6.07, 6.45) is 5.16. The van der Waals surface area contributed by atoms with Gasteiger partial charge in [-0.1, -0.05) is 24.6 Å². The summed E-state index contributed by atoms with van der Waals surface area (Å²) in [5.74, 6) is 2.20. The molecule has 2 aliphatic rings. The first-order chi connectivity index (χ1) is 8.34. The van der Waals surface area contributed by atoms with Gasteiger partial charge in [0.05, 0.1) is 6.61 Å². The quantitative estimate of drug-likeness (QED) is 0.779. The predicted octanol–water partition coefficient (Wildman–Crippen LogP) is 3.31. The van der Waals surface area contributed by atoms with Crippen molar-refractivity contribution in [3.05, 3.63) is 29.8 Å². The number of carbonyl (C=O) groups excluding carboxylic acids is 1. The molecule has 1 aromatic carbocycles. The zero-order chi connectivity index (χ0) is 11.7. The lowest BCUT2D eigenvalue weighted by Gasteiger charge is -2.22. The monoisotopic (exact) mass is 230 g/mol. The zero-order valence-electron chi connectivity index (χ0n) is 10.0. The molecular weight excluding hydrogens is 212 g/mol. The number of carbonyl (C=O) groups is 1. The summed E-state index contributed by atoms with van der Waals surface area (Å²) in [4.78, 5) is 11.9. The molecular formula is C15H18O2. The van der Waals surface area contributed by atoms with Crippen molar-refractivity contribution in [2.24, 2.45) is 5.92 Å². The molecule has 0 bridgehead atoms. The van der Waals surface area contributed by atoms with Crippen LogP contribution in [0.25, 0.3) is 0 Å². The Morgan fingerprint density at radius 2 is 2.06 bits per heavy atom. The highest BCUT2D eigenvalue weighted by Crippen LogP contribution is 2.39. The summed E-state index contributed by atoms with van der Waals surface area (Å²) in [6, 6.07) is 8.23. The summed E-state index contributed by atoms with van der Waals surface area (Å²) in [7, 11) is 0. The van der Waals surface area contributed by atoms with Crippen LogP contribution in [0.1, 0.15) is 43.6 Å². The van der Waals surface area contributed by atoms with E-state index in [4.69, 9.17) is 4.74 Å². The van der Waals surface area contributed by atoms with E-state index in [1.165, 1.54) is 12.0 Å². The molecule has 2 atom stereocenters. The highest BCUT2D eigenvalue weighted by molar-refractivity contribution is 5.81. The van der Waals surface area contributed by atoms with E-state index in [0.29, 0.717) is 11.7 Å². The normalized spacial score (nSPS) is 27.6. The number of hydrogen-bond acceptors (Lipinski definition) is 2. The van der Waals surface area contributed by atoms with Crippen molar-refractivity contribution in [3.8, 4) is 5.75 Å². The third-order valence-corrected chi connectivity index (χ3v) is 4.05. The largest absolute Gasteiger partial charge is 0.493 e. The van der Waals surface area contributed by atoms with Gasteiger partial charge in [0, 0.05) is 23.8 Å². The minimum Gasteiger partial charge on any atom is -0.493 e. The van der Waals surface area contributed by atoms with Gasteiger partial charge in [0.25, 0.3) is 0 Å². The molecule has 1 aromatic rings. The van der Waals surface area contributed by atoms with Crippen LogP contribution >= 0.6 is 0 Å². The highest BCUT2D eigenvalue weighted by Gasteiger charge is 2.30. The minimum atomic E-state index is 0.281. The fraction of sp³-hybridized carbons (Fsp3) is 0.533. The third kappa shape index (κ3) is 2.08. The van der Waals surface area contributed by atoms with Crippen LogP contribution in [0.4, 0.5) is 0 Å². The lowest BCUT2D eigenvalue weighted by molar-refractivity contribution is -0.124. The number of rotatable bonds is 2. The van der Waals surface area contributed by atoms with Crippen LogP contribution in [-0.2, 0) is 4.79 Å². The molecule has 2 nitrogen and oxygen atoms in total. The maximum absolute atomic E-state index is 11.9. The summed E-state index contributed by atoms with van der Waals surface area (Å²) in [5.41, 5.74) is 1.30. The Morgan fingerprint density at radius 1 is 1.18 bits per heavy atom. The molecule has 1 saturated carbocycles. The van der Waals surface area contributed by atoms with Gasteiger partial charge in [-0.05, 0) is 25.3 Å². The summed E-state index contributed by atoms with van der Waals surface area (Å²) in [5, 5.41) is 0. The number of fused-ring (bicyclic) bond motifs is 1. The number of ketones is 1. The van der Waals surface area contributed by atoms with Gasteiger partial charge in [0.2, 0.25) is 0 Å². The molecule has 2 heteroatoms. The molecule has 0 radical (unpaired) electrons. The predicted molar refractivity (Wildman–Crippen MR) is 66.3 cm³/mol. The third-order valence-electron chi connectivity index (χ3n) is 4.05. The molecule has 1 fully saturated rings. The first-order valence-corrected chi connectivity index (χ1v) is 6.59. The van der Waals surface area contributed by atoms with Gasteiger partial charge < -0.3 is 4.74 Å². The second-order valence-electron chi connectivity index (χ2n) is 5.19. The Morgan fingerprint density at radius 3 is 2.94 bits per heavy atom. The van der Waals surface area contributed by atoms with Crippen molar-refractivity contribution in [1.82, 2.24) is 0 Å². The van der Waals surface area contributed by atoms with E-state index in [1.54, 1.807) is 0 Å². The van der Waals surface area contributed by atoms with Gasteiger partial charge in [-0.25, -0.2) is 0 Å². The van der Waals surface area contributed by atoms with E-state index in [0.717, 1.165) is 38.0 Å². The molecule has 17 heavy (non-hydrogen) atoms. The van der Waals surface area contributed by atoms with Gasteiger partial charge >= 0.3 is 0 Å². The first-order valence-electron chi connectivity index (χ1n) is 6.59. The number of Topliss-reactive ketones (excluding diaryl/α,β-unsaturated/α-hetero) is 1. The lowest BCUT2D eigenvalue weighted by atomic mass is 9.80. The fourth-order valence-electron chi connectivity index (χ4n) is 3.07. The van der Waals surface area contributed by atoms with Crippen LogP contribution < -0.4 is 4.74 Å². The Kier molecular flexibility index (Phi) is 2.87. The van der Waals surface area contributed by atoms with Crippen molar-refractivity contribution in [3.63, 3.8) is 0 Å². The Hall–Kier alpha value is -1.31. The van der Waals surface area contributed by atoms with Crippen LogP contribution in [0, 0.1) is 5.92 Å². The van der Waals surface area contributed by atoms with Crippen LogP contribution in [0.2, 0.25) is 0 Å². The van der Waals surface area contributed by atoms with E-state index >= 15 is 0 Å². The standard InChI is InChI=1S/C15H18O2/c16-14-7-3-1-5-11(14)9-12-10-17-15-8-4-2-6-13(12)15/h2,4,6,8,11-12H,1,3,5,7,9-10H2. The van der Waals surface area contributed by atoms with E-state index < -0.39 is 0 Å². The van der Waals surface area contributed by atoms with Gasteiger partial charge in [0.1, 0.15) is 11.5 Å². The van der Waals surface area contributed by atoms with Crippen molar-refractivity contribution in [1.29, 1.82) is 0 Å². The number of hydrogen-bond donors (Lipinski definition) is 0. The number of benzene rings is 1. The van der Waals surface area contributed by atoms with E-state index in [9.17, 15) is 4.79 Å². The average Bonchev–Trinajstić information content (AvgIpc) is 2.76. The molecule has 1 aliphatic carbocycles. The summed E-state index contributed by atoms with van der Waals surface area (Å²) in [6.45, 7) is 0.753. The summed E-state index contributed by atoms with van der Waals surface area (Å²) < 4.78 is 5.68. The van der Waals surface area contributed by atoms with Crippen molar-refractivity contribution >= 4 is 5.78 Å². The van der Waals surface area contributed by atoms with Crippen LogP contribution in [-0.4, -0.2) is 12.4 Å². The van der Waals surface area contributed by atoms with Crippen molar-refractivity contribution in [2.75, 3.05) is 6.61 Å². The highest BCUT2D eigenvalue weighted by atomic mass is 16.5. The number of ether oxygens (including phenoxy) is 1. The molecule has 90 valence electrons. The van der Waals surface area contributed by atoms with E-state index in [2.05, 4.69) is 12.1 Å². The van der Waals surface area contributed by atoms with Gasteiger partial charge in [-0.15, -0.1) is 0 Å². The minimum absolute atomic E-state index is 0.281. The van der Waals surface area contributed by atoms with Crippen molar-refractivity contribution < 1.29 is 9.53 Å². The Bertz CT molecular complexity index is 425. The van der Waals surface area contributed by atoms with Gasteiger partial charge in [-0.3, -0.25) is 4.79 Å². The molecule has 0 spiro atoms. The van der Waals surface area contributed by atoms with Gasteiger partial charge in [-0.2, -0.15) is 0 Å². The van der Waals surface area contributed by atoms with E-state index in [-0.39, 0.29) is 5.92 Å². The Balaban J connectivity index is 1.72. The topological polar surface area (TPSA) is 26.3 Å². The molecule has 0 N–H and O–H groups in total. The lowest BCUT2D eigenvalue weighted by Crippen LogP contribution is -2.21. The number of para-hydroxylation sites is 1. The van der Waals surface area contributed by atoms with Gasteiger partial charge in [0.15, 0.2) is 0 Å². The molecule has 3 rings (SSSR count). The SMILES string of the molecule is O=C1CCCCC1CC1COc2ccccc21. The maximum atomic E-state index is 11.9.